The standard InChI is InChI=1S/C16H17N5O7.C13H16N4O4.C10H10N4O3/c22-12-7-8-13(23)20(12)27-14(24)4-2-1-3-9-17-10-5-6-11(21(25)26)16-15(10)18-28-19-16;1-9(18)5-3-2-4-8-14-10-6-7-11(17(19)20)13-12(10)15-21-16-13;15-14(16)8-4-3-7(13-5-1-2-6-13)9-10(8)12-17-11-9/h5-6,17H,1-4,7-9H2;6-7,14H,2-5,8H2,1H3;3-4H,1-2,5-6H2. The predicted molar refractivity (Wildman–Crippen MR) is 229 cm³/mol. The molecule has 2 aliphatic rings. The SMILES string of the molecule is CC(=O)CCCCCNc1ccc([N+](=O)[O-])c2nonc12.O=C(CCCCCNc1ccc([N+](=O)[O-])c2nonc12)ON1C(=O)CCC1=O.O=[N+]([O-])c1ccc(N2CCCC2)c2nonc12. The number of ketones is 1. The summed E-state index contributed by atoms with van der Waals surface area (Å²) in [6.45, 7) is 4.71. The fourth-order valence-corrected chi connectivity index (χ4v) is 6.99. The number of non-ortho nitro benzene ring substituents is 3. The molecule has 2 fully saturated rings. The summed E-state index contributed by atoms with van der Waals surface area (Å²) in [5.74, 6) is -1.42. The maximum atomic E-state index is 11.7. The molecule has 27 heteroatoms. The third kappa shape index (κ3) is 11.8. The molecule has 27 nitrogen and oxygen atoms in total. The van der Waals surface area contributed by atoms with Gasteiger partial charge < -0.3 is 25.2 Å². The Morgan fingerprint density at radius 3 is 1.50 bits per heavy atom. The summed E-state index contributed by atoms with van der Waals surface area (Å²) in [6, 6.07) is 9.01. The number of carbonyl (C=O) groups excluding carboxylic acids is 4. The highest BCUT2D eigenvalue weighted by Gasteiger charge is 2.32. The van der Waals surface area contributed by atoms with Crippen molar-refractivity contribution in [2.75, 3.05) is 41.7 Å². The minimum Gasteiger partial charge on any atom is -0.383 e. The lowest BCUT2D eigenvalue weighted by Crippen LogP contribution is -2.31. The number of amides is 2. The number of imide groups is 1. The Morgan fingerprint density at radius 1 is 0.606 bits per heavy atom. The first-order valence-electron chi connectivity index (χ1n) is 20.8. The van der Waals surface area contributed by atoms with E-state index in [1.807, 2.05) is 0 Å². The van der Waals surface area contributed by atoms with Crippen LogP contribution in [0.25, 0.3) is 33.1 Å². The van der Waals surface area contributed by atoms with Gasteiger partial charge in [-0.2, -0.15) is 0 Å². The number of hydroxylamine groups is 2. The van der Waals surface area contributed by atoms with E-state index in [2.05, 4.69) is 60.4 Å². The maximum absolute atomic E-state index is 11.7. The molecule has 0 unspecified atom stereocenters. The Labute approximate surface area is 371 Å². The van der Waals surface area contributed by atoms with Crippen molar-refractivity contribution in [1.82, 2.24) is 36.0 Å². The quantitative estimate of drug-likeness (QED) is 0.0399. The van der Waals surface area contributed by atoms with Crippen LogP contribution in [0.2, 0.25) is 0 Å². The zero-order chi connectivity index (χ0) is 47.2. The van der Waals surface area contributed by atoms with E-state index < -0.39 is 32.6 Å². The largest absolute Gasteiger partial charge is 0.383 e. The Balaban J connectivity index is 0.000000169. The van der Waals surface area contributed by atoms with Crippen LogP contribution in [-0.4, -0.2) is 101 Å². The van der Waals surface area contributed by atoms with Crippen LogP contribution in [0.3, 0.4) is 0 Å². The van der Waals surface area contributed by atoms with Crippen LogP contribution in [0.4, 0.5) is 34.1 Å². The van der Waals surface area contributed by atoms with Gasteiger partial charge in [0.25, 0.3) is 11.8 Å². The Morgan fingerprint density at radius 2 is 1.03 bits per heavy atom. The number of rotatable bonds is 19. The van der Waals surface area contributed by atoms with Crippen molar-refractivity contribution in [1.29, 1.82) is 0 Å². The van der Waals surface area contributed by atoms with Crippen molar-refractivity contribution in [3.05, 3.63) is 66.7 Å². The number of unbranched alkanes of at least 4 members (excludes halogenated alkanes) is 4. The average Bonchev–Trinajstić information content (AvgIpc) is 4.16. The molecule has 3 aromatic carbocycles. The van der Waals surface area contributed by atoms with Crippen LogP contribution in [0.1, 0.15) is 84.0 Å². The first kappa shape index (κ1) is 47.2. The van der Waals surface area contributed by atoms with Gasteiger partial charge in [-0.3, -0.25) is 39.9 Å². The number of anilines is 3. The summed E-state index contributed by atoms with van der Waals surface area (Å²) >= 11 is 0. The van der Waals surface area contributed by atoms with Gasteiger partial charge in [-0.05, 0) is 94.6 Å². The van der Waals surface area contributed by atoms with Crippen molar-refractivity contribution in [2.45, 2.75) is 84.0 Å². The van der Waals surface area contributed by atoms with Gasteiger partial charge in [-0.25, -0.2) is 18.7 Å². The van der Waals surface area contributed by atoms with Gasteiger partial charge in [0.1, 0.15) is 5.78 Å². The van der Waals surface area contributed by atoms with Crippen molar-refractivity contribution >= 4 is 90.8 Å². The number of fused-ring (bicyclic) bond motifs is 3. The number of nitrogens with zero attached hydrogens (tertiary/aromatic N) is 11. The topological polar surface area (TPSA) is 354 Å². The first-order valence-corrected chi connectivity index (χ1v) is 20.8. The highest BCUT2D eigenvalue weighted by atomic mass is 16.7. The zero-order valence-electron chi connectivity index (χ0n) is 35.4. The van der Waals surface area contributed by atoms with Crippen LogP contribution in [-0.2, 0) is 24.0 Å². The molecule has 3 aromatic heterocycles. The first-order chi connectivity index (χ1) is 31.8. The van der Waals surface area contributed by atoms with Crippen LogP contribution in [0, 0.1) is 30.3 Å². The van der Waals surface area contributed by atoms with Crippen molar-refractivity contribution in [3.63, 3.8) is 0 Å². The van der Waals surface area contributed by atoms with Gasteiger partial charge in [0.15, 0.2) is 16.6 Å². The second kappa shape index (κ2) is 22.4. The van der Waals surface area contributed by atoms with Crippen LogP contribution in [0.5, 0.6) is 0 Å². The minimum absolute atomic E-state index is 0.0642. The van der Waals surface area contributed by atoms with Crippen molar-refractivity contribution < 1.29 is 52.7 Å². The summed E-state index contributed by atoms with van der Waals surface area (Å²) in [5, 5.41) is 61.3. The fourth-order valence-electron chi connectivity index (χ4n) is 6.99. The number of carbonyl (C=O) groups is 4. The molecular weight excluding hydrogens is 875 g/mol. The molecule has 2 N–H and O–H groups in total. The molecule has 0 bridgehead atoms. The van der Waals surface area contributed by atoms with Gasteiger partial charge in [0, 0.05) is 70.1 Å². The van der Waals surface area contributed by atoms with E-state index >= 15 is 0 Å². The second-order valence-electron chi connectivity index (χ2n) is 14.9. The number of nitro benzene ring substituents is 3. The minimum atomic E-state index is -0.623. The normalized spacial score (nSPS) is 13.3. The summed E-state index contributed by atoms with van der Waals surface area (Å²) in [7, 11) is 0. The number of hydrogen-bond donors (Lipinski definition) is 2. The fraction of sp³-hybridized carbons (Fsp3) is 0.436. The lowest BCUT2D eigenvalue weighted by atomic mass is 10.1. The number of aromatic nitrogens is 6. The number of Topliss-reactive ketones (excluding diaryl/α,β-unsaturated/α-hetero) is 1. The van der Waals surface area contributed by atoms with E-state index in [1.54, 1.807) is 19.1 Å². The lowest BCUT2D eigenvalue weighted by Gasteiger charge is -2.16. The molecule has 0 spiro atoms. The number of nitrogens with one attached hydrogen (secondary N) is 2. The third-order valence-corrected chi connectivity index (χ3v) is 10.3. The van der Waals surface area contributed by atoms with E-state index in [4.69, 9.17) is 4.84 Å². The van der Waals surface area contributed by atoms with Crippen LogP contribution >= 0.6 is 0 Å². The average molecular weight is 918 g/mol. The highest BCUT2D eigenvalue weighted by molar-refractivity contribution is 6.01. The Kier molecular flexibility index (Phi) is 16.0. The summed E-state index contributed by atoms with van der Waals surface area (Å²) in [6.07, 6.45) is 7.72. The van der Waals surface area contributed by atoms with E-state index in [0.29, 0.717) is 66.2 Å². The molecule has 0 saturated carbocycles. The zero-order valence-corrected chi connectivity index (χ0v) is 35.4. The molecule has 0 aliphatic carbocycles. The molecule has 2 saturated heterocycles. The highest BCUT2D eigenvalue weighted by Crippen LogP contribution is 2.33. The van der Waals surface area contributed by atoms with Crippen molar-refractivity contribution in [2.24, 2.45) is 0 Å². The lowest BCUT2D eigenvalue weighted by molar-refractivity contribution is -0.383. The van der Waals surface area contributed by atoms with E-state index in [1.165, 1.54) is 24.3 Å². The maximum Gasteiger partial charge on any atom is 0.333 e. The van der Waals surface area contributed by atoms with E-state index in [-0.39, 0.29) is 64.2 Å². The molecule has 0 radical (unpaired) electrons. The summed E-state index contributed by atoms with van der Waals surface area (Å²) in [5.41, 5.74) is 3.24. The number of hydrogen-bond acceptors (Lipinski definition) is 23. The molecule has 348 valence electrons. The second-order valence-corrected chi connectivity index (χ2v) is 14.9. The van der Waals surface area contributed by atoms with E-state index in [9.17, 15) is 49.5 Å². The molecule has 8 rings (SSSR count). The molecule has 66 heavy (non-hydrogen) atoms. The smallest absolute Gasteiger partial charge is 0.333 e. The Hall–Kier alpha value is -8.26. The van der Waals surface area contributed by atoms with Crippen molar-refractivity contribution in [3.8, 4) is 0 Å². The molecule has 2 aliphatic heterocycles. The van der Waals surface area contributed by atoms with Gasteiger partial charge in [-0.15, -0.1) is 5.06 Å². The molecular formula is C39H43N13O14. The van der Waals surface area contributed by atoms with Gasteiger partial charge in [0.05, 0.1) is 31.8 Å². The van der Waals surface area contributed by atoms with E-state index in [0.717, 1.165) is 50.9 Å². The molecule has 6 aromatic rings. The van der Waals surface area contributed by atoms with Gasteiger partial charge in [0.2, 0.25) is 16.6 Å². The third-order valence-electron chi connectivity index (χ3n) is 10.3. The molecule has 2 amide bonds. The molecule has 0 atom stereocenters. The summed E-state index contributed by atoms with van der Waals surface area (Å²) < 4.78 is 13.8. The number of benzene rings is 3. The van der Waals surface area contributed by atoms with Crippen LogP contribution in [0.15, 0.2) is 50.3 Å². The van der Waals surface area contributed by atoms with Crippen LogP contribution < -0.4 is 15.5 Å². The monoisotopic (exact) mass is 917 g/mol. The predicted octanol–water partition coefficient (Wildman–Crippen LogP) is 6.13. The molecule has 5 heterocycles. The van der Waals surface area contributed by atoms with Gasteiger partial charge >= 0.3 is 23.0 Å². The van der Waals surface area contributed by atoms with Gasteiger partial charge in [-0.1, -0.05) is 12.8 Å². The number of nitro groups is 3. The Bertz CT molecular complexity index is 2710. The summed E-state index contributed by atoms with van der Waals surface area (Å²) in [4.78, 5) is 83.3.